The van der Waals surface area contributed by atoms with Crippen molar-refractivity contribution in [3.8, 4) is 0 Å². The molecule has 2 aromatic rings. The Labute approximate surface area is 164 Å². The average Bonchev–Trinajstić information content (AvgIpc) is 2.93. The number of hydrogen-bond acceptors (Lipinski definition) is 7. The zero-order valence-corrected chi connectivity index (χ0v) is 15.2. The van der Waals surface area contributed by atoms with Crippen molar-refractivity contribution in [3.63, 3.8) is 0 Å². The number of esters is 1. The van der Waals surface area contributed by atoms with Crippen LogP contribution in [0.4, 0.5) is 11.4 Å². The van der Waals surface area contributed by atoms with Gasteiger partial charge in [-0.25, -0.2) is 4.79 Å². The number of non-ortho nitro benzene ring substituents is 1. The number of hydrogen-bond donors (Lipinski definition) is 1. The van der Waals surface area contributed by atoms with Crippen molar-refractivity contribution in [2.24, 2.45) is 0 Å². The molecule has 0 aromatic heterocycles. The van der Waals surface area contributed by atoms with Crippen LogP contribution in [-0.4, -0.2) is 46.7 Å². The third-order valence-corrected chi connectivity index (χ3v) is 4.16. The highest BCUT2D eigenvalue weighted by Crippen LogP contribution is 2.27. The molecule has 1 aliphatic heterocycles. The molecular weight excluding hydrogens is 382 g/mol. The van der Waals surface area contributed by atoms with Gasteiger partial charge in [0.1, 0.15) is 6.54 Å². The zero-order valence-electron chi connectivity index (χ0n) is 15.2. The van der Waals surface area contributed by atoms with E-state index in [-0.39, 0.29) is 34.7 Å². The fourth-order valence-electron chi connectivity index (χ4n) is 2.85. The molecule has 0 aliphatic carbocycles. The number of amides is 3. The van der Waals surface area contributed by atoms with E-state index in [1.54, 1.807) is 19.1 Å². The van der Waals surface area contributed by atoms with Gasteiger partial charge >= 0.3 is 5.97 Å². The number of imide groups is 1. The number of anilines is 1. The normalized spacial score (nSPS) is 12.5. The smallest absolute Gasteiger partial charge is 0.340 e. The van der Waals surface area contributed by atoms with Crippen LogP contribution in [-0.2, 0) is 9.53 Å². The van der Waals surface area contributed by atoms with Crippen LogP contribution in [0, 0.1) is 10.1 Å². The number of carbonyl (C=O) groups excluding carboxylic acids is 4. The molecule has 10 heteroatoms. The molecule has 3 amide bonds. The third-order valence-electron chi connectivity index (χ3n) is 4.16. The lowest BCUT2D eigenvalue weighted by Gasteiger charge is -2.15. The van der Waals surface area contributed by atoms with Gasteiger partial charge in [-0.2, -0.15) is 0 Å². The molecule has 1 heterocycles. The monoisotopic (exact) mass is 397 g/mol. The van der Waals surface area contributed by atoms with Crippen molar-refractivity contribution in [3.05, 3.63) is 69.3 Å². The van der Waals surface area contributed by atoms with Gasteiger partial charge in [0.05, 0.1) is 33.9 Å². The van der Waals surface area contributed by atoms with E-state index in [2.05, 4.69) is 5.32 Å². The Balaban J connectivity index is 1.77. The number of nitrogens with one attached hydrogen (secondary N) is 1. The summed E-state index contributed by atoms with van der Waals surface area (Å²) in [6.07, 6.45) is 0. The van der Waals surface area contributed by atoms with E-state index in [4.69, 9.17) is 4.74 Å². The topological polar surface area (TPSA) is 136 Å². The highest BCUT2D eigenvalue weighted by molar-refractivity contribution is 6.23. The Hall–Kier alpha value is -4.08. The van der Waals surface area contributed by atoms with Crippen LogP contribution in [0.15, 0.2) is 42.5 Å². The van der Waals surface area contributed by atoms with Crippen molar-refractivity contribution < 1.29 is 28.8 Å². The molecule has 2 aromatic carbocycles. The third kappa shape index (κ3) is 3.81. The Bertz CT molecular complexity index is 1050. The lowest BCUT2D eigenvalue weighted by molar-refractivity contribution is -0.384. The molecule has 10 nitrogen and oxygen atoms in total. The van der Waals surface area contributed by atoms with Crippen LogP contribution >= 0.6 is 0 Å². The first-order chi connectivity index (χ1) is 13.8. The summed E-state index contributed by atoms with van der Waals surface area (Å²) in [5.41, 5.74) is -0.187. The van der Waals surface area contributed by atoms with E-state index in [9.17, 15) is 29.3 Å². The van der Waals surface area contributed by atoms with Crippen LogP contribution in [0.2, 0.25) is 0 Å². The van der Waals surface area contributed by atoms with Crippen LogP contribution in [0.3, 0.4) is 0 Å². The number of fused-ring (bicyclic) bond motifs is 1. The molecule has 1 aliphatic rings. The van der Waals surface area contributed by atoms with Crippen LogP contribution in [0.25, 0.3) is 0 Å². The molecular formula is C19H15N3O7. The van der Waals surface area contributed by atoms with Crippen LogP contribution < -0.4 is 5.32 Å². The van der Waals surface area contributed by atoms with Gasteiger partial charge in [0, 0.05) is 12.1 Å². The summed E-state index contributed by atoms with van der Waals surface area (Å²) < 4.78 is 4.93. The average molecular weight is 397 g/mol. The Morgan fingerprint density at radius 1 is 1.10 bits per heavy atom. The highest BCUT2D eigenvalue weighted by atomic mass is 16.6. The van der Waals surface area contributed by atoms with Gasteiger partial charge in [0.15, 0.2) is 0 Å². The largest absolute Gasteiger partial charge is 0.462 e. The van der Waals surface area contributed by atoms with E-state index in [1.165, 1.54) is 18.2 Å². The number of para-hydroxylation sites is 1. The minimum absolute atomic E-state index is 0.0136. The first-order valence-electron chi connectivity index (χ1n) is 8.54. The van der Waals surface area contributed by atoms with E-state index in [1.807, 2.05) is 0 Å². The molecule has 0 unspecified atom stereocenters. The maximum Gasteiger partial charge on any atom is 0.340 e. The molecule has 1 N–H and O–H groups in total. The Morgan fingerprint density at radius 2 is 1.79 bits per heavy atom. The summed E-state index contributed by atoms with van der Waals surface area (Å²) in [6.45, 7) is 1.19. The molecule has 0 atom stereocenters. The maximum atomic E-state index is 12.5. The quantitative estimate of drug-likeness (QED) is 0.341. The van der Waals surface area contributed by atoms with Crippen molar-refractivity contribution >= 4 is 35.1 Å². The van der Waals surface area contributed by atoms with E-state index in [0.29, 0.717) is 4.90 Å². The first-order valence-corrected chi connectivity index (χ1v) is 8.54. The summed E-state index contributed by atoms with van der Waals surface area (Å²) in [4.78, 5) is 60.2. The lowest BCUT2D eigenvalue weighted by Crippen LogP contribution is -2.37. The van der Waals surface area contributed by atoms with Gasteiger partial charge < -0.3 is 10.1 Å². The molecule has 0 bridgehead atoms. The second-order valence-corrected chi connectivity index (χ2v) is 6.00. The lowest BCUT2D eigenvalue weighted by atomic mass is 10.1. The van der Waals surface area contributed by atoms with Crippen molar-refractivity contribution in [1.29, 1.82) is 0 Å². The molecule has 0 saturated carbocycles. The van der Waals surface area contributed by atoms with Crippen molar-refractivity contribution in [2.75, 3.05) is 18.5 Å². The second-order valence-electron chi connectivity index (χ2n) is 6.00. The molecule has 0 radical (unpaired) electrons. The van der Waals surface area contributed by atoms with Crippen LogP contribution in [0.5, 0.6) is 0 Å². The fraction of sp³-hybridized carbons (Fsp3) is 0.158. The molecule has 0 spiro atoms. The van der Waals surface area contributed by atoms with Gasteiger partial charge in [-0.3, -0.25) is 29.4 Å². The summed E-state index contributed by atoms with van der Waals surface area (Å²) in [5, 5.41) is 13.4. The number of nitro benzene ring substituents is 1. The van der Waals surface area contributed by atoms with Gasteiger partial charge in [-0.1, -0.05) is 12.1 Å². The molecule has 3 rings (SSSR count). The summed E-state index contributed by atoms with van der Waals surface area (Å²) in [7, 11) is 0. The summed E-state index contributed by atoms with van der Waals surface area (Å²) >= 11 is 0. The highest BCUT2D eigenvalue weighted by Gasteiger charge is 2.37. The molecule has 0 fully saturated rings. The Morgan fingerprint density at radius 3 is 2.48 bits per heavy atom. The predicted molar refractivity (Wildman–Crippen MR) is 99.5 cm³/mol. The van der Waals surface area contributed by atoms with Gasteiger partial charge in [0.2, 0.25) is 5.91 Å². The predicted octanol–water partition coefficient (Wildman–Crippen LogP) is 2.01. The fourth-order valence-corrected chi connectivity index (χ4v) is 2.85. The number of nitro groups is 1. The number of nitrogens with zero attached hydrogens (tertiary/aromatic N) is 2. The first kappa shape index (κ1) is 19.7. The second kappa shape index (κ2) is 7.89. The minimum atomic E-state index is -0.803. The molecule has 0 saturated heterocycles. The summed E-state index contributed by atoms with van der Waals surface area (Å²) in [5.74, 6) is -2.88. The SMILES string of the molecule is CCOC(=O)c1ccccc1NC(=O)CN1C(=O)c2ccc([N+](=O)[O-])cc2C1=O. The number of benzene rings is 2. The number of ether oxygens (including phenoxy) is 1. The van der Waals surface area contributed by atoms with Crippen LogP contribution in [0.1, 0.15) is 38.0 Å². The van der Waals surface area contributed by atoms with Gasteiger partial charge in [-0.15, -0.1) is 0 Å². The Kier molecular flexibility index (Phi) is 5.35. The van der Waals surface area contributed by atoms with E-state index < -0.39 is 35.2 Å². The maximum absolute atomic E-state index is 12.5. The summed E-state index contributed by atoms with van der Waals surface area (Å²) in [6, 6.07) is 9.44. The zero-order chi connectivity index (χ0) is 21.1. The van der Waals surface area contributed by atoms with Crippen molar-refractivity contribution in [1.82, 2.24) is 4.90 Å². The molecule has 29 heavy (non-hydrogen) atoms. The minimum Gasteiger partial charge on any atom is -0.462 e. The van der Waals surface area contributed by atoms with Crippen molar-refractivity contribution in [2.45, 2.75) is 6.92 Å². The number of rotatable bonds is 6. The molecule has 148 valence electrons. The van der Waals surface area contributed by atoms with E-state index >= 15 is 0 Å². The number of carbonyl (C=O) groups is 4. The van der Waals surface area contributed by atoms with E-state index in [0.717, 1.165) is 12.1 Å². The van der Waals surface area contributed by atoms with Gasteiger partial charge in [0.25, 0.3) is 17.5 Å². The van der Waals surface area contributed by atoms with Gasteiger partial charge in [-0.05, 0) is 25.1 Å². The standard InChI is InChI=1S/C19H15N3O7/c1-2-29-19(26)13-5-3-4-6-15(13)20-16(23)10-21-17(24)12-8-7-11(22(27)28)9-14(12)18(21)25/h3-9H,2,10H2,1H3,(H,20,23).